The molecule has 0 bridgehead atoms. The van der Waals surface area contributed by atoms with Gasteiger partial charge in [-0.05, 0) is 39.0 Å². The van der Waals surface area contributed by atoms with Crippen molar-refractivity contribution in [1.29, 1.82) is 0 Å². The molecule has 1 aromatic carbocycles. The molecule has 0 unspecified atom stereocenters. The highest BCUT2D eigenvalue weighted by molar-refractivity contribution is 6.30. The Morgan fingerprint density at radius 3 is 2.62 bits per heavy atom. The zero-order chi connectivity index (χ0) is 17.3. The minimum absolute atomic E-state index is 0.130. The van der Waals surface area contributed by atoms with Crippen LogP contribution in [0, 0.1) is 0 Å². The summed E-state index contributed by atoms with van der Waals surface area (Å²) in [6, 6.07) is 9.23. The largest absolute Gasteiger partial charge is 0.462 e. The maximum atomic E-state index is 12.4. The fourth-order valence-corrected chi connectivity index (χ4v) is 2.67. The van der Waals surface area contributed by atoms with Crippen LogP contribution in [0.5, 0.6) is 0 Å². The first-order valence-electron chi connectivity index (χ1n) is 7.82. The topological polar surface area (TPSA) is 57.0 Å². The fraction of sp³-hybridized carbons (Fsp3) is 0.278. The van der Waals surface area contributed by atoms with Crippen molar-refractivity contribution in [2.45, 2.75) is 26.8 Å². The first-order chi connectivity index (χ1) is 11.5. The molecular formula is C18H18ClN3O2. The number of nitrogens with zero attached hydrogens (tertiary/aromatic N) is 3. The Bertz CT molecular complexity index is 885. The van der Waals surface area contributed by atoms with Gasteiger partial charge in [-0.15, -0.1) is 0 Å². The number of aromatic nitrogens is 3. The Morgan fingerprint density at radius 2 is 2.00 bits per heavy atom. The smallest absolute Gasteiger partial charge is 0.339 e. The molecule has 2 aromatic heterocycles. The van der Waals surface area contributed by atoms with Crippen molar-refractivity contribution in [3.63, 3.8) is 0 Å². The van der Waals surface area contributed by atoms with E-state index in [0.717, 1.165) is 5.56 Å². The fourth-order valence-electron chi connectivity index (χ4n) is 2.54. The molecular weight excluding hydrogens is 326 g/mol. The van der Waals surface area contributed by atoms with E-state index in [1.54, 1.807) is 36.0 Å². The van der Waals surface area contributed by atoms with Gasteiger partial charge in [0.05, 0.1) is 29.4 Å². The van der Waals surface area contributed by atoms with Gasteiger partial charge < -0.3 is 4.74 Å². The minimum atomic E-state index is -0.372. The summed E-state index contributed by atoms with van der Waals surface area (Å²) < 4.78 is 6.99. The van der Waals surface area contributed by atoms with E-state index in [1.807, 2.05) is 26.0 Å². The van der Waals surface area contributed by atoms with Crippen LogP contribution in [0.25, 0.3) is 22.3 Å². The van der Waals surface area contributed by atoms with Gasteiger partial charge in [-0.2, -0.15) is 5.10 Å². The van der Waals surface area contributed by atoms with Crippen molar-refractivity contribution in [2.75, 3.05) is 6.61 Å². The van der Waals surface area contributed by atoms with Crippen molar-refractivity contribution in [3.8, 4) is 11.3 Å². The maximum Gasteiger partial charge on any atom is 0.339 e. The van der Waals surface area contributed by atoms with E-state index >= 15 is 0 Å². The third-order valence-electron chi connectivity index (χ3n) is 3.69. The minimum Gasteiger partial charge on any atom is -0.462 e. The van der Waals surface area contributed by atoms with E-state index in [0.29, 0.717) is 33.9 Å². The Labute approximate surface area is 145 Å². The number of carbonyl (C=O) groups excluding carboxylic acids is 1. The van der Waals surface area contributed by atoms with Crippen LogP contribution in [0.1, 0.15) is 37.2 Å². The van der Waals surface area contributed by atoms with Crippen LogP contribution in [-0.2, 0) is 4.74 Å². The van der Waals surface area contributed by atoms with Crippen molar-refractivity contribution in [3.05, 3.63) is 47.1 Å². The Kier molecular flexibility index (Phi) is 4.53. The molecule has 0 N–H and O–H groups in total. The molecule has 0 aliphatic rings. The number of pyridine rings is 1. The molecule has 24 heavy (non-hydrogen) atoms. The molecule has 0 fully saturated rings. The predicted molar refractivity (Wildman–Crippen MR) is 94.3 cm³/mol. The lowest BCUT2D eigenvalue weighted by molar-refractivity contribution is 0.0528. The molecule has 0 saturated carbocycles. The summed E-state index contributed by atoms with van der Waals surface area (Å²) in [5, 5.41) is 5.72. The molecule has 0 saturated heterocycles. The van der Waals surface area contributed by atoms with E-state index < -0.39 is 0 Å². The molecule has 0 aliphatic heterocycles. The molecule has 2 heterocycles. The second kappa shape index (κ2) is 6.61. The number of carbonyl (C=O) groups is 1. The van der Waals surface area contributed by atoms with Crippen LogP contribution in [0.3, 0.4) is 0 Å². The Balaban J connectivity index is 2.24. The molecule has 0 spiro atoms. The molecule has 3 rings (SSSR count). The van der Waals surface area contributed by atoms with Crippen LogP contribution in [0.4, 0.5) is 0 Å². The number of hydrogen-bond acceptors (Lipinski definition) is 4. The lowest BCUT2D eigenvalue weighted by atomic mass is 10.1. The average molecular weight is 344 g/mol. The first-order valence-corrected chi connectivity index (χ1v) is 8.20. The number of ether oxygens (including phenoxy) is 1. The molecule has 5 nitrogen and oxygen atoms in total. The quantitative estimate of drug-likeness (QED) is 0.654. The molecule has 0 aliphatic carbocycles. The summed E-state index contributed by atoms with van der Waals surface area (Å²) in [5.41, 5.74) is 2.70. The standard InChI is InChI=1S/C18H18ClN3O2/c1-4-24-18(23)14-9-16(12-5-7-13(19)8-6-12)21-17-15(14)10-20-22(17)11(2)3/h5-11H,4H2,1-3H3. The van der Waals surface area contributed by atoms with Gasteiger partial charge in [0.25, 0.3) is 0 Å². The summed E-state index contributed by atoms with van der Waals surface area (Å²) in [5.74, 6) is -0.372. The van der Waals surface area contributed by atoms with Gasteiger partial charge in [-0.25, -0.2) is 14.5 Å². The highest BCUT2D eigenvalue weighted by Crippen LogP contribution is 2.27. The van der Waals surface area contributed by atoms with E-state index in [2.05, 4.69) is 5.10 Å². The number of hydrogen-bond donors (Lipinski definition) is 0. The zero-order valence-electron chi connectivity index (χ0n) is 13.8. The third-order valence-corrected chi connectivity index (χ3v) is 3.94. The molecule has 0 amide bonds. The lowest BCUT2D eigenvalue weighted by Crippen LogP contribution is -2.08. The lowest BCUT2D eigenvalue weighted by Gasteiger charge is -2.10. The molecule has 6 heteroatoms. The number of esters is 1. The Morgan fingerprint density at radius 1 is 1.29 bits per heavy atom. The van der Waals surface area contributed by atoms with Gasteiger partial charge in [0.15, 0.2) is 5.65 Å². The highest BCUT2D eigenvalue weighted by atomic mass is 35.5. The van der Waals surface area contributed by atoms with Crippen molar-refractivity contribution < 1.29 is 9.53 Å². The second-order valence-electron chi connectivity index (χ2n) is 5.70. The van der Waals surface area contributed by atoms with Gasteiger partial charge >= 0.3 is 5.97 Å². The molecule has 3 aromatic rings. The van der Waals surface area contributed by atoms with Crippen LogP contribution in [0.15, 0.2) is 36.5 Å². The summed E-state index contributed by atoms with van der Waals surface area (Å²) in [4.78, 5) is 17.1. The van der Waals surface area contributed by atoms with Crippen LogP contribution < -0.4 is 0 Å². The highest BCUT2D eigenvalue weighted by Gasteiger charge is 2.19. The van der Waals surface area contributed by atoms with Gasteiger partial charge in [-0.1, -0.05) is 23.7 Å². The van der Waals surface area contributed by atoms with E-state index in [4.69, 9.17) is 21.3 Å². The summed E-state index contributed by atoms with van der Waals surface area (Å²) in [6.45, 7) is 6.14. The average Bonchev–Trinajstić information content (AvgIpc) is 2.99. The zero-order valence-corrected chi connectivity index (χ0v) is 14.5. The number of rotatable bonds is 4. The van der Waals surface area contributed by atoms with Crippen molar-refractivity contribution in [2.24, 2.45) is 0 Å². The number of halogens is 1. The molecule has 0 radical (unpaired) electrons. The maximum absolute atomic E-state index is 12.4. The van der Waals surface area contributed by atoms with Crippen molar-refractivity contribution in [1.82, 2.24) is 14.8 Å². The van der Waals surface area contributed by atoms with Crippen LogP contribution in [-0.4, -0.2) is 27.3 Å². The van der Waals surface area contributed by atoms with Gasteiger partial charge in [-0.3, -0.25) is 0 Å². The van der Waals surface area contributed by atoms with Crippen LogP contribution in [0.2, 0.25) is 5.02 Å². The summed E-state index contributed by atoms with van der Waals surface area (Å²) >= 11 is 5.96. The van der Waals surface area contributed by atoms with Crippen LogP contribution >= 0.6 is 11.6 Å². The summed E-state index contributed by atoms with van der Waals surface area (Å²) in [7, 11) is 0. The van der Waals surface area contributed by atoms with Gasteiger partial charge in [0.2, 0.25) is 0 Å². The third kappa shape index (κ3) is 2.99. The molecule has 124 valence electrons. The van der Waals surface area contributed by atoms with E-state index in [1.165, 1.54) is 0 Å². The monoisotopic (exact) mass is 343 g/mol. The normalized spacial score (nSPS) is 11.2. The van der Waals surface area contributed by atoms with E-state index in [-0.39, 0.29) is 12.0 Å². The van der Waals surface area contributed by atoms with Gasteiger partial charge in [0.1, 0.15) is 0 Å². The van der Waals surface area contributed by atoms with E-state index in [9.17, 15) is 4.79 Å². The Hall–Kier alpha value is -2.40. The van der Waals surface area contributed by atoms with Gasteiger partial charge in [0, 0.05) is 16.6 Å². The molecule has 0 atom stereocenters. The number of benzene rings is 1. The SMILES string of the molecule is CCOC(=O)c1cc(-c2ccc(Cl)cc2)nc2c1cnn2C(C)C. The first kappa shape index (κ1) is 16.5. The summed E-state index contributed by atoms with van der Waals surface area (Å²) in [6.07, 6.45) is 1.67. The van der Waals surface area contributed by atoms with Crippen molar-refractivity contribution >= 4 is 28.6 Å². The second-order valence-corrected chi connectivity index (χ2v) is 6.14. The number of fused-ring (bicyclic) bond motifs is 1. The predicted octanol–water partition coefficient (Wildman–Crippen LogP) is 4.51.